The first-order valence-corrected chi connectivity index (χ1v) is 11.2. The molecule has 1 aliphatic carbocycles. The molecule has 2 aromatic rings. The molecule has 0 atom stereocenters. The van der Waals surface area contributed by atoms with E-state index in [2.05, 4.69) is 0 Å². The zero-order valence-electron chi connectivity index (χ0n) is 17.7. The van der Waals surface area contributed by atoms with Crippen molar-refractivity contribution in [1.29, 1.82) is 0 Å². The van der Waals surface area contributed by atoms with Crippen molar-refractivity contribution < 1.29 is 9.59 Å². The van der Waals surface area contributed by atoms with Crippen LogP contribution in [0.3, 0.4) is 0 Å². The molecule has 0 spiro atoms. The highest BCUT2D eigenvalue weighted by Gasteiger charge is 2.44. The standard InChI is InChI=1S/C26H30N2O2/c1-2-27(21-16-12-7-13-17-21)24-23(20-14-8-6-9-15-20)25(29)28(26(24)30)22-18-10-4-3-5-11-19-22/h6-9,12-17,22H,2-5,10-11,18-19H2,1H3. The fourth-order valence-electron chi connectivity index (χ4n) is 4.75. The van der Waals surface area contributed by atoms with Crippen molar-refractivity contribution in [3.63, 3.8) is 0 Å². The van der Waals surface area contributed by atoms with Crippen molar-refractivity contribution in [2.45, 2.75) is 57.9 Å². The van der Waals surface area contributed by atoms with E-state index < -0.39 is 0 Å². The van der Waals surface area contributed by atoms with Crippen molar-refractivity contribution >= 4 is 23.1 Å². The van der Waals surface area contributed by atoms with Crippen molar-refractivity contribution in [3.8, 4) is 0 Å². The van der Waals surface area contributed by atoms with Gasteiger partial charge in [0.25, 0.3) is 11.8 Å². The van der Waals surface area contributed by atoms with E-state index >= 15 is 0 Å². The monoisotopic (exact) mass is 402 g/mol. The topological polar surface area (TPSA) is 40.6 Å². The van der Waals surface area contributed by atoms with Crippen LogP contribution >= 0.6 is 0 Å². The molecule has 2 aromatic carbocycles. The minimum atomic E-state index is -0.143. The van der Waals surface area contributed by atoms with Gasteiger partial charge in [0, 0.05) is 18.3 Å². The van der Waals surface area contributed by atoms with Crippen LogP contribution in [0.25, 0.3) is 5.57 Å². The Hall–Kier alpha value is -2.88. The maximum Gasteiger partial charge on any atom is 0.278 e. The minimum absolute atomic E-state index is 0.00371. The van der Waals surface area contributed by atoms with Gasteiger partial charge in [0.15, 0.2) is 0 Å². The molecule has 4 nitrogen and oxygen atoms in total. The van der Waals surface area contributed by atoms with Crippen LogP contribution in [0.2, 0.25) is 0 Å². The number of imide groups is 1. The Morgan fingerprint density at radius 2 is 1.37 bits per heavy atom. The van der Waals surface area contributed by atoms with Crippen molar-refractivity contribution in [2.75, 3.05) is 11.4 Å². The summed E-state index contributed by atoms with van der Waals surface area (Å²) in [6.45, 7) is 2.64. The number of hydrogen-bond acceptors (Lipinski definition) is 3. The largest absolute Gasteiger partial charge is 0.337 e. The Morgan fingerprint density at radius 1 is 0.800 bits per heavy atom. The molecular formula is C26H30N2O2. The van der Waals surface area contributed by atoms with E-state index in [0.29, 0.717) is 17.8 Å². The van der Waals surface area contributed by atoms with Gasteiger partial charge in [-0.1, -0.05) is 80.6 Å². The summed E-state index contributed by atoms with van der Waals surface area (Å²) < 4.78 is 0. The summed E-state index contributed by atoms with van der Waals surface area (Å²) >= 11 is 0. The first-order valence-electron chi connectivity index (χ1n) is 11.2. The molecule has 1 heterocycles. The second kappa shape index (κ2) is 9.29. The fraction of sp³-hybridized carbons (Fsp3) is 0.385. The molecule has 0 unspecified atom stereocenters. The molecule has 1 aliphatic heterocycles. The molecule has 30 heavy (non-hydrogen) atoms. The number of likely N-dealkylation sites (N-methyl/N-ethyl adjacent to an activating group) is 1. The lowest BCUT2D eigenvalue weighted by Gasteiger charge is -2.30. The Morgan fingerprint density at radius 3 is 1.97 bits per heavy atom. The van der Waals surface area contributed by atoms with Crippen LogP contribution in [0.4, 0.5) is 5.69 Å². The van der Waals surface area contributed by atoms with E-state index in [1.807, 2.05) is 72.5 Å². The van der Waals surface area contributed by atoms with Crippen molar-refractivity contribution in [3.05, 3.63) is 71.9 Å². The average molecular weight is 403 g/mol. The fourth-order valence-corrected chi connectivity index (χ4v) is 4.75. The molecule has 156 valence electrons. The van der Waals surface area contributed by atoms with E-state index in [4.69, 9.17) is 0 Å². The van der Waals surface area contributed by atoms with E-state index in [1.165, 1.54) is 19.3 Å². The molecule has 0 radical (unpaired) electrons. The summed E-state index contributed by atoms with van der Waals surface area (Å²) in [6.07, 6.45) is 7.59. The maximum atomic E-state index is 13.8. The first kappa shape index (κ1) is 20.4. The van der Waals surface area contributed by atoms with E-state index in [9.17, 15) is 9.59 Å². The van der Waals surface area contributed by atoms with Crippen LogP contribution in [0.5, 0.6) is 0 Å². The van der Waals surface area contributed by atoms with Gasteiger partial charge in [0.05, 0.1) is 5.57 Å². The lowest BCUT2D eigenvalue weighted by molar-refractivity contribution is -0.140. The third-order valence-electron chi connectivity index (χ3n) is 6.25. The number of para-hydroxylation sites is 1. The zero-order valence-corrected chi connectivity index (χ0v) is 17.7. The van der Waals surface area contributed by atoms with E-state index in [1.54, 1.807) is 4.90 Å². The lowest BCUT2D eigenvalue weighted by atomic mass is 9.95. The van der Waals surface area contributed by atoms with Crippen LogP contribution in [-0.4, -0.2) is 29.3 Å². The molecule has 4 rings (SSSR count). The molecule has 4 heteroatoms. The molecule has 0 saturated heterocycles. The molecule has 2 aliphatic rings. The number of nitrogens with zero attached hydrogens (tertiary/aromatic N) is 2. The normalized spacial score (nSPS) is 18.5. The van der Waals surface area contributed by atoms with E-state index in [0.717, 1.165) is 36.9 Å². The highest BCUT2D eigenvalue weighted by atomic mass is 16.2. The van der Waals surface area contributed by atoms with E-state index in [-0.39, 0.29) is 17.9 Å². The third-order valence-corrected chi connectivity index (χ3v) is 6.25. The summed E-state index contributed by atoms with van der Waals surface area (Å²) in [5.41, 5.74) is 2.80. The van der Waals surface area contributed by atoms with Gasteiger partial charge in [-0.05, 0) is 37.5 Å². The summed E-state index contributed by atoms with van der Waals surface area (Å²) in [7, 11) is 0. The molecule has 0 bridgehead atoms. The number of carbonyl (C=O) groups excluding carboxylic acids is 2. The third kappa shape index (κ3) is 3.91. The minimum Gasteiger partial charge on any atom is -0.337 e. The Labute approximate surface area is 179 Å². The number of hydrogen-bond donors (Lipinski definition) is 0. The first-order chi connectivity index (χ1) is 14.7. The number of carbonyl (C=O) groups is 2. The van der Waals surface area contributed by atoms with Crippen molar-refractivity contribution in [1.82, 2.24) is 4.90 Å². The quantitative estimate of drug-likeness (QED) is 0.628. The van der Waals surface area contributed by atoms with Crippen LogP contribution < -0.4 is 4.90 Å². The van der Waals surface area contributed by atoms with Crippen molar-refractivity contribution in [2.24, 2.45) is 0 Å². The van der Waals surface area contributed by atoms with Gasteiger partial charge in [-0.2, -0.15) is 0 Å². The summed E-state index contributed by atoms with van der Waals surface area (Å²) in [6, 6.07) is 19.5. The number of anilines is 1. The number of benzene rings is 2. The van der Waals surface area contributed by atoms with Gasteiger partial charge in [-0.15, -0.1) is 0 Å². The molecule has 0 N–H and O–H groups in total. The molecular weight excluding hydrogens is 372 g/mol. The van der Waals surface area contributed by atoms with Gasteiger partial charge in [0.1, 0.15) is 5.70 Å². The molecule has 0 aromatic heterocycles. The van der Waals surface area contributed by atoms with Gasteiger partial charge < -0.3 is 4.90 Å². The van der Waals surface area contributed by atoms with Gasteiger partial charge >= 0.3 is 0 Å². The highest BCUT2D eigenvalue weighted by Crippen LogP contribution is 2.37. The Kier molecular flexibility index (Phi) is 6.32. The summed E-state index contributed by atoms with van der Waals surface area (Å²) in [5.74, 6) is -0.281. The second-order valence-corrected chi connectivity index (χ2v) is 8.15. The van der Waals surface area contributed by atoms with Gasteiger partial charge in [0.2, 0.25) is 0 Å². The van der Waals surface area contributed by atoms with Crippen LogP contribution in [-0.2, 0) is 9.59 Å². The second-order valence-electron chi connectivity index (χ2n) is 8.15. The lowest BCUT2D eigenvalue weighted by Crippen LogP contribution is -2.43. The summed E-state index contributed by atoms with van der Waals surface area (Å²) in [4.78, 5) is 31.0. The maximum absolute atomic E-state index is 13.8. The summed E-state index contributed by atoms with van der Waals surface area (Å²) in [5, 5.41) is 0. The average Bonchev–Trinajstić information content (AvgIpc) is 3.01. The molecule has 2 amide bonds. The highest BCUT2D eigenvalue weighted by molar-refractivity contribution is 6.36. The Balaban J connectivity index is 1.79. The predicted octanol–water partition coefficient (Wildman–Crippen LogP) is 5.41. The van der Waals surface area contributed by atoms with Gasteiger partial charge in [-0.3, -0.25) is 14.5 Å². The Bertz CT molecular complexity index is 913. The molecule has 1 fully saturated rings. The number of amides is 2. The zero-order chi connectivity index (χ0) is 20.9. The SMILES string of the molecule is CCN(C1=C(c2ccccc2)C(=O)N(C2CCCCCCC2)C1=O)c1ccccc1. The van der Waals surface area contributed by atoms with Crippen LogP contribution in [0.15, 0.2) is 66.4 Å². The van der Waals surface area contributed by atoms with Crippen LogP contribution in [0, 0.1) is 0 Å². The predicted molar refractivity (Wildman–Crippen MR) is 121 cm³/mol. The molecule has 1 saturated carbocycles. The smallest absolute Gasteiger partial charge is 0.278 e. The van der Waals surface area contributed by atoms with Gasteiger partial charge in [-0.25, -0.2) is 0 Å². The number of rotatable bonds is 5. The van der Waals surface area contributed by atoms with Crippen LogP contribution in [0.1, 0.15) is 57.4 Å².